The Morgan fingerprint density at radius 2 is 2.00 bits per heavy atom. The normalized spacial score (nSPS) is 11.3. The van der Waals surface area contributed by atoms with Gasteiger partial charge in [-0.2, -0.15) is 8.42 Å². The van der Waals surface area contributed by atoms with Crippen LogP contribution in [0.1, 0.15) is 5.56 Å². The first kappa shape index (κ1) is 10.3. The van der Waals surface area contributed by atoms with E-state index in [0.717, 1.165) is 6.26 Å². The summed E-state index contributed by atoms with van der Waals surface area (Å²) in [5.74, 6) is 0.312. The number of aryl methyl sites for hydroxylation is 1. The predicted octanol–water partition coefficient (Wildman–Crippen LogP) is 1.99. The third-order valence-corrected chi connectivity index (χ3v) is 2.10. The lowest BCUT2D eigenvalue weighted by molar-refractivity contribution is 0.491. The predicted molar refractivity (Wildman–Crippen MR) is 51.7 cm³/mol. The monoisotopic (exact) mass is 220 g/mol. The molecule has 5 heteroatoms. The van der Waals surface area contributed by atoms with Crippen molar-refractivity contribution in [3.63, 3.8) is 0 Å². The average molecular weight is 221 g/mol. The first-order valence-electron chi connectivity index (χ1n) is 3.54. The molecule has 13 heavy (non-hydrogen) atoms. The molecular weight excluding hydrogens is 212 g/mol. The molecule has 1 aromatic rings. The van der Waals surface area contributed by atoms with Gasteiger partial charge in [0, 0.05) is 5.02 Å². The van der Waals surface area contributed by atoms with Gasteiger partial charge in [-0.15, -0.1) is 0 Å². The van der Waals surface area contributed by atoms with Crippen molar-refractivity contribution in [2.75, 3.05) is 6.26 Å². The number of benzene rings is 1. The van der Waals surface area contributed by atoms with Crippen LogP contribution in [0, 0.1) is 6.92 Å². The summed E-state index contributed by atoms with van der Waals surface area (Å²) in [6.07, 6.45) is 1.00. The molecule has 0 aliphatic carbocycles. The van der Waals surface area contributed by atoms with Crippen LogP contribution in [-0.4, -0.2) is 14.7 Å². The Bertz CT molecular complexity index is 411. The van der Waals surface area contributed by atoms with Gasteiger partial charge in [-0.3, -0.25) is 0 Å². The van der Waals surface area contributed by atoms with Crippen molar-refractivity contribution in [3.05, 3.63) is 28.8 Å². The summed E-state index contributed by atoms with van der Waals surface area (Å²) in [7, 11) is -3.46. The van der Waals surface area contributed by atoms with Gasteiger partial charge in [0.2, 0.25) is 0 Å². The largest absolute Gasteiger partial charge is 0.382 e. The zero-order valence-electron chi connectivity index (χ0n) is 7.24. The minimum Gasteiger partial charge on any atom is -0.382 e. The second kappa shape index (κ2) is 3.55. The highest BCUT2D eigenvalue weighted by atomic mass is 35.5. The third kappa shape index (κ3) is 3.24. The molecule has 3 nitrogen and oxygen atoms in total. The Morgan fingerprint density at radius 3 is 2.46 bits per heavy atom. The van der Waals surface area contributed by atoms with Gasteiger partial charge in [0.05, 0.1) is 6.26 Å². The summed E-state index contributed by atoms with van der Waals surface area (Å²) in [5, 5.41) is 0.554. The lowest BCUT2D eigenvalue weighted by atomic mass is 10.2. The maximum Gasteiger partial charge on any atom is 0.306 e. The molecule has 0 atom stereocenters. The van der Waals surface area contributed by atoms with E-state index in [-0.39, 0.29) is 0 Å². The second-order valence-electron chi connectivity index (χ2n) is 2.70. The van der Waals surface area contributed by atoms with Crippen LogP contribution in [0.4, 0.5) is 0 Å². The maximum absolute atomic E-state index is 10.8. The minimum absolute atomic E-state index is 0.312. The molecule has 0 fully saturated rings. The zero-order valence-corrected chi connectivity index (χ0v) is 8.82. The van der Waals surface area contributed by atoms with Crippen molar-refractivity contribution in [2.45, 2.75) is 6.92 Å². The summed E-state index contributed by atoms with van der Waals surface area (Å²) in [5.41, 5.74) is 0.693. The second-order valence-corrected chi connectivity index (χ2v) is 4.71. The molecule has 0 heterocycles. The number of hydrogen-bond acceptors (Lipinski definition) is 3. The van der Waals surface area contributed by atoms with Gasteiger partial charge in [-0.05, 0) is 30.7 Å². The van der Waals surface area contributed by atoms with Crippen molar-refractivity contribution in [1.82, 2.24) is 0 Å². The number of rotatable bonds is 2. The molecular formula is C8H9ClO3S. The van der Waals surface area contributed by atoms with Gasteiger partial charge in [-0.25, -0.2) is 0 Å². The van der Waals surface area contributed by atoms with E-state index in [9.17, 15) is 8.42 Å². The smallest absolute Gasteiger partial charge is 0.306 e. The minimum atomic E-state index is -3.46. The van der Waals surface area contributed by atoms with E-state index in [1.165, 1.54) is 6.07 Å². The summed E-state index contributed by atoms with van der Waals surface area (Å²) in [4.78, 5) is 0. The lowest BCUT2D eigenvalue weighted by Gasteiger charge is -2.05. The molecule has 0 saturated heterocycles. The standard InChI is InChI=1S/C8H9ClO3S/c1-6-5-7(9)3-4-8(6)12-13(2,10)11/h3-5H,1-2H3. The first-order valence-corrected chi connectivity index (χ1v) is 5.73. The van der Waals surface area contributed by atoms with Gasteiger partial charge in [0.15, 0.2) is 0 Å². The number of halogens is 1. The van der Waals surface area contributed by atoms with Crippen LogP contribution in [0.15, 0.2) is 18.2 Å². The Kier molecular flexibility index (Phi) is 2.83. The molecule has 0 radical (unpaired) electrons. The fourth-order valence-electron chi connectivity index (χ4n) is 0.869. The number of hydrogen-bond donors (Lipinski definition) is 0. The quantitative estimate of drug-likeness (QED) is 0.716. The molecule has 1 rings (SSSR count). The maximum atomic E-state index is 10.8. The molecule has 1 aromatic carbocycles. The third-order valence-electron chi connectivity index (χ3n) is 1.38. The summed E-state index contributed by atoms with van der Waals surface area (Å²) in [6.45, 7) is 1.73. The van der Waals surface area contributed by atoms with Crippen LogP contribution in [0.5, 0.6) is 5.75 Å². The van der Waals surface area contributed by atoms with Crippen molar-refractivity contribution >= 4 is 21.7 Å². The van der Waals surface area contributed by atoms with Crippen molar-refractivity contribution < 1.29 is 12.6 Å². The van der Waals surface area contributed by atoms with E-state index in [2.05, 4.69) is 0 Å². The van der Waals surface area contributed by atoms with E-state index >= 15 is 0 Å². The fraction of sp³-hybridized carbons (Fsp3) is 0.250. The fourth-order valence-corrected chi connectivity index (χ4v) is 1.61. The van der Waals surface area contributed by atoms with Gasteiger partial charge in [0.25, 0.3) is 0 Å². The van der Waals surface area contributed by atoms with Crippen LogP contribution in [0.3, 0.4) is 0 Å². The molecule has 0 unspecified atom stereocenters. The van der Waals surface area contributed by atoms with E-state index in [1.54, 1.807) is 19.1 Å². The molecule has 0 spiro atoms. The molecule has 0 aromatic heterocycles. The van der Waals surface area contributed by atoms with Crippen LogP contribution in [-0.2, 0) is 10.1 Å². The van der Waals surface area contributed by atoms with Crippen LogP contribution in [0.2, 0.25) is 5.02 Å². The van der Waals surface area contributed by atoms with E-state index in [0.29, 0.717) is 16.3 Å². The van der Waals surface area contributed by atoms with Crippen molar-refractivity contribution in [2.24, 2.45) is 0 Å². The Labute approximate surface area is 82.4 Å². The Balaban J connectivity index is 3.04. The highest BCUT2D eigenvalue weighted by molar-refractivity contribution is 7.86. The molecule has 0 amide bonds. The van der Waals surface area contributed by atoms with E-state index < -0.39 is 10.1 Å². The van der Waals surface area contributed by atoms with E-state index in [1.807, 2.05) is 0 Å². The summed E-state index contributed by atoms with van der Waals surface area (Å²) in [6, 6.07) is 4.75. The molecule has 0 bridgehead atoms. The van der Waals surface area contributed by atoms with Gasteiger partial charge < -0.3 is 4.18 Å². The van der Waals surface area contributed by atoms with Crippen LogP contribution < -0.4 is 4.18 Å². The molecule has 0 N–H and O–H groups in total. The molecule has 72 valence electrons. The lowest BCUT2D eigenvalue weighted by Crippen LogP contribution is -2.06. The zero-order chi connectivity index (χ0) is 10.1. The Morgan fingerprint density at radius 1 is 1.38 bits per heavy atom. The van der Waals surface area contributed by atoms with Gasteiger partial charge in [0.1, 0.15) is 5.75 Å². The highest BCUT2D eigenvalue weighted by Gasteiger charge is 2.06. The molecule has 0 aliphatic rings. The van der Waals surface area contributed by atoms with Crippen LogP contribution in [0.25, 0.3) is 0 Å². The van der Waals surface area contributed by atoms with Crippen LogP contribution >= 0.6 is 11.6 Å². The van der Waals surface area contributed by atoms with Crippen molar-refractivity contribution in [1.29, 1.82) is 0 Å². The molecule has 0 saturated carbocycles. The molecule has 0 aliphatic heterocycles. The summed E-state index contributed by atoms with van der Waals surface area (Å²) < 4.78 is 26.3. The average Bonchev–Trinajstić information content (AvgIpc) is 1.93. The van der Waals surface area contributed by atoms with Gasteiger partial charge in [-0.1, -0.05) is 11.6 Å². The SMILES string of the molecule is Cc1cc(Cl)ccc1OS(C)(=O)=O. The first-order chi connectivity index (χ1) is 5.88. The van der Waals surface area contributed by atoms with Crippen molar-refractivity contribution in [3.8, 4) is 5.75 Å². The highest BCUT2D eigenvalue weighted by Crippen LogP contribution is 2.22. The van der Waals surface area contributed by atoms with Gasteiger partial charge >= 0.3 is 10.1 Å². The van der Waals surface area contributed by atoms with E-state index in [4.69, 9.17) is 15.8 Å². The topological polar surface area (TPSA) is 43.4 Å². The summed E-state index contributed by atoms with van der Waals surface area (Å²) >= 11 is 5.68. The Hall–Kier alpha value is -0.740.